The molecule has 0 saturated heterocycles. The van der Waals surface area contributed by atoms with Gasteiger partial charge in [-0.2, -0.15) is 0 Å². The Kier molecular flexibility index (Phi) is 5.75. The van der Waals surface area contributed by atoms with Crippen LogP contribution in [0.2, 0.25) is 0 Å². The highest BCUT2D eigenvalue weighted by molar-refractivity contribution is 7.13. The minimum Gasteiger partial charge on any atom is -0.480 e. The zero-order valence-electron chi connectivity index (χ0n) is 13.8. The van der Waals surface area contributed by atoms with Crippen molar-refractivity contribution in [3.8, 4) is 0 Å². The second-order valence-electron chi connectivity index (χ2n) is 6.15. The second kappa shape index (κ2) is 7.40. The summed E-state index contributed by atoms with van der Waals surface area (Å²) in [7, 11) is 1.57. The van der Waals surface area contributed by atoms with E-state index in [-0.39, 0.29) is 5.91 Å². The van der Waals surface area contributed by atoms with Gasteiger partial charge in [0.15, 0.2) is 0 Å². The third-order valence-electron chi connectivity index (χ3n) is 4.61. The van der Waals surface area contributed by atoms with E-state index in [9.17, 15) is 14.7 Å². The molecule has 0 aliphatic heterocycles. The lowest BCUT2D eigenvalue weighted by molar-refractivity contribution is -0.146. The van der Waals surface area contributed by atoms with Gasteiger partial charge in [0.1, 0.15) is 15.4 Å². The number of carboxylic acid groups (broad SMARTS) is 1. The summed E-state index contributed by atoms with van der Waals surface area (Å²) in [5.41, 5.74) is -0.539. The van der Waals surface area contributed by atoms with E-state index < -0.39 is 11.5 Å². The summed E-state index contributed by atoms with van der Waals surface area (Å²) < 4.78 is 5.03. The molecule has 1 saturated carbocycles. The number of ether oxygens (including phenoxy) is 1. The normalized spacial score (nSPS) is 24.4. The van der Waals surface area contributed by atoms with E-state index in [1.165, 1.54) is 11.3 Å². The van der Waals surface area contributed by atoms with Crippen LogP contribution in [-0.2, 0) is 16.1 Å². The summed E-state index contributed by atoms with van der Waals surface area (Å²) in [5.74, 6) is -0.739. The fraction of sp³-hybridized carbons (Fsp3) is 0.688. The van der Waals surface area contributed by atoms with Crippen molar-refractivity contribution < 1.29 is 19.4 Å². The van der Waals surface area contributed by atoms with E-state index in [4.69, 9.17) is 4.74 Å². The fourth-order valence-electron chi connectivity index (χ4n) is 3.09. The van der Waals surface area contributed by atoms with Gasteiger partial charge in [0, 0.05) is 7.11 Å². The van der Waals surface area contributed by atoms with E-state index in [2.05, 4.69) is 17.2 Å². The number of thiazole rings is 1. The standard InChI is InChI=1S/C16H24N2O4S/c1-4-11-5-7-16(8-6-11,15(20)21)18-14(19)13-10(2)17-12(23-13)9-22-3/h11H,4-9H2,1-3H3,(H,18,19)(H,20,21). The first-order chi connectivity index (χ1) is 10.9. The summed E-state index contributed by atoms with van der Waals surface area (Å²) in [5, 5.41) is 13.2. The maximum atomic E-state index is 12.6. The summed E-state index contributed by atoms with van der Waals surface area (Å²) in [6, 6.07) is 0. The maximum absolute atomic E-state index is 12.6. The zero-order valence-corrected chi connectivity index (χ0v) is 14.7. The molecule has 0 aromatic carbocycles. The third-order valence-corrected chi connectivity index (χ3v) is 5.74. The van der Waals surface area contributed by atoms with Crippen LogP contribution in [0.3, 0.4) is 0 Å². The van der Waals surface area contributed by atoms with Crippen molar-refractivity contribution in [1.29, 1.82) is 0 Å². The Bertz CT molecular complexity index is 577. The van der Waals surface area contributed by atoms with E-state index in [1.54, 1.807) is 14.0 Å². The van der Waals surface area contributed by atoms with Crippen LogP contribution in [0.25, 0.3) is 0 Å². The van der Waals surface area contributed by atoms with Crippen molar-refractivity contribution in [3.63, 3.8) is 0 Å². The number of rotatable bonds is 6. The van der Waals surface area contributed by atoms with Crippen LogP contribution in [0.1, 0.15) is 59.4 Å². The van der Waals surface area contributed by atoms with Crippen LogP contribution >= 0.6 is 11.3 Å². The highest BCUT2D eigenvalue weighted by Crippen LogP contribution is 2.34. The third kappa shape index (κ3) is 3.90. The number of methoxy groups -OCH3 is 1. The monoisotopic (exact) mass is 340 g/mol. The summed E-state index contributed by atoms with van der Waals surface area (Å²) in [4.78, 5) is 29.1. The van der Waals surface area contributed by atoms with Crippen molar-refractivity contribution >= 4 is 23.2 Å². The molecule has 0 atom stereocenters. The van der Waals surface area contributed by atoms with Crippen molar-refractivity contribution in [1.82, 2.24) is 10.3 Å². The zero-order chi connectivity index (χ0) is 17.0. The first-order valence-corrected chi connectivity index (χ1v) is 8.74. The van der Waals surface area contributed by atoms with E-state index in [0.717, 1.165) is 19.3 Å². The Morgan fingerprint density at radius 1 is 1.43 bits per heavy atom. The number of aryl methyl sites for hydroxylation is 1. The lowest BCUT2D eigenvalue weighted by Gasteiger charge is -2.37. The predicted molar refractivity (Wildman–Crippen MR) is 87.6 cm³/mol. The quantitative estimate of drug-likeness (QED) is 0.831. The van der Waals surface area contributed by atoms with Gasteiger partial charge < -0.3 is 15.2 Å². The number of nitrogens with zero attached hydrogens (tertiary/aromatic N) is 1. The fourth-order valence-corrected chi connectivity index (χ4v) is 4.03. The SMILES string of the molecule is CCC1CCC(NC(=O)c2sc(COC)nc2C)(C(=O)O)CC1. The van der Waals surface area contributed by atoms with Gasteiger partial charge in [-0.1, -0.05) is 13.3 Å². The van der Waals surface area contributed by atoms with Crippen molar-refractivity contribution in [2.24, 2.45) is 5.92 Å². The van der Waals surface area contributed by atoms with E-state index >= 15 is 0 Å². The van der Waals surface area contributed by atoms with Crippen LogP contribution in [0.4, 0.5) is 0 Å². The van der Waals surface area contributed by atoms with Gasteiger partial charge >= 0.3 is 5.97 Å². The average molecular weight is 340 g/mol. The van der Waals surface area contributed by atoms with E-state index in [0.29, 0.717) is 40.9 Å². The van der Waals surface area contributed by atoms with Gasteiger partial charge in [0.25, 0.3) is 5.91 Å². The molecule has 128 valence electrons. The average Bonchev–Trinajstić information content (AvgIpc) is 2.89. The molecular formula is C16H24N2O4S. The summed E-state index contributed by atoms with van der Waals surface area (Å²) >= 11 is 1.26. The second-order valence-corrected chi connectivity index (χ2v) is 7.23. The first kappa shape index (κ1) is 17.9. The number of carbonyl (C=O) groups is 2. The highest BCUT2D eigenvalue weighted by atomic mass is 32.1. The number of hydrogen-bond donors (Lipinski definition) is 2. The molecule has 7 heteroatoms. The smallest absolute Gasteiger partial charge is 0.329 e. The predicted octanol–water partition coefficient (Wildman–Crippen LogP) is 2.75. The molecule has 2 rings (SSSR count). The largest absolute Gasteiger partial charge is 0.480 e. The van der Waals surface area contributed by atoms with Crippen LogP contribution in [-0.4, -0.2) is 34.6 Å². The van der Waals surface area contributed by atoms with Crippen LogP contribution in [0, 0.1) is 12.8 Å². The lowest BCUT2D eigenvalue weighted by Crippen LogP contribution is -2.56. The van der Waals surface area contributed by atoms with E-state index in [1.807, 2.05) is 0 Å². The molecule has 0 bridgehead atoms. The van der Waals surface area contributed by atoms with Gasteiger partial charge in [-0.3, -0.25) is 4.79 Å². The number of carbonyl (C=O) groups excluding carboxylic acids is 1. The molecular weight excluding hydrogens is 316 g/mol. The number of aromatic nitrogens is 1. The molecule has 23 heavy (non-hydrogen) atoms. The van der Waals surface area contributed by atoms with Crippen molar-refractivity contribution in [2.45, 2.75) is 58.1 Å². The topological polar surface area (TPSA) is 88.5 Å². The minimum atomic E-state index is -1.15. The molecule has 0 spiro atoms. The summed E-state index contributed by atoms with van der Waals surface area (Å²) in [6.45, 7) is 4.22. The molecule has 1 aromatic rings. The molecule has 1 heterocycles. The maximum Gasteiger partial charge on any atom is 0.329 e. The number of carboxylic acids is 1. The molecule has 0 radical (unpaired) electrons. The molecule has 1 aromatic heterocycles. The number of hydrogen-bond acceptors (Lipinski definition) is 5. The Morgan fingerprint density at radius 3 is 2.61 bits per heavy atom. The number of amides is 1. The van der Waals surface area contributed by atoms with Gasteiger partial charge in [-0.25, -0.2) is 9.78 Å². The summed E-state index contributed by atoms with van der Waals surface area (Å²) in [6.07, 6.45) is 3.68. The molecule has 1 aliphatic rings. The van der Waals surface area contributed by atoms with Gasteiger partial charge in [-0.05, 0) is 38.5 Å². The Labute approximate surface area is 140 Å². The van der Waals surface area contributed by atoms with Gasteiger partial charge in [0.2, 0.25) is 0 Å². The Hall–Kier alpha value is -1.47. The Balaban J connectivity index is 2.14. The van der Waals surface area contributed by atoms with Crippen LogP contribution < -0.4 is 5.32 Å². The molecule has 1 fully saturated rings. The van der Waals surface area contributed by atoms with Gasteiger partial charge in [0.05, 0.1) is 12.3 Å². The number of nitrogens with one attached hydrogen (secondary N) is 1. The lowest BCUT2D eigenvalue weighted by atomic mass is 9.75. The molecule has 1 amide bonds. The highest BCUT2D eigenvalue weighted by Gasteiger charge is 2.43. The van der Waals surface area contributed by atoms with Crippen LogP contribution in [0.5, 0.6) is 0 Å². The Morgan fingerprint density at radius 2 is 2.09 bits per heavy atom. The van der Waals surface area contributed by atoms with Gasteiger partial charge in [-0.15, -0.1) is 11.3 Å². The molecule has 2 N–H and O–H groups in total. The van der Waals surface area contributed by atoms with Crippen molar-refractivity contribution in [3.05, 3.63) is 15.6 Å². The van der Waals surface area contributed by atoms with Crippen LogP contribution in [0.15, 0.2) is 0 Å². The molecule has 1 aliphatic carbocycles. The molecule has 6 nitrogen and oxygen atoms in total. The minimum absolute atomic E-state index is 0.347. The number of aliphatic carboxylic acids is 1. The molecule has 0 unspecified atom stereocenters. The first-order valence-electron chi connectivity index (χ1n) is 7.93. The van der Waals surface area contributed by atoms with Crippen molar-refractivity contribution in [2.75, 3.05) is 7.11 Å².